The SMILES string of the molecule is COC(=O)C1(C(=O)OC)C=C(C(C)C)C(CB2OC(C)(C)C(C)(C)O2)C1. The number of allylic oxidation sites excluding steroid dienone is 1. The van der Waals surface area contributed by atoms with Crippen LogP contribution in [0, 0.1) is 17.3 Å². The fourth-order valence-electron chi connectivity index (χ4n) is 3.85. The molecule has 26 heavy (non-hydrogen) atoms. The molecule has 146 valence electrons. The van der Waals surface area contributed by atoms with Crippen LogP contribution in [0.15, 0.2) is 11.6 Å². The van der Waals surface area contributed by atoms with Crippen LogP contribution in [0.4, 0.5) is 0 Å². The Morgan fingerprint density at radius 1 is 1.12 bits per heavy atom. The van der Waals surface area contributed by atoms with E-state index in [1.807, 2.05) is 41.5 Å². The van der Waals surface area contributed by atoms with E-state index < -0.39 is 35.7 Å². The van der Waals surface area contributed by atoms with E-state index in [1.54, 1.807) is 6.08 Å². The van der Waals surface area contributed by atoms with E-state index in [4.69, 9.17) is 18.8 Å². The van der Waals surface area contributed by atoms with Crippen LogP contribution < -0.4 is 0 Å². The molecule has 1 fully saturated rings. The zero-order valence-corrected chi connectivity index (χ0v) is 17.2. The number of ether oxygens (including phenoxy) is 2. The van der Waals surface area contributed by atoms with Gasteiger partial charge in [-0.15, -0.1) is 0 Å². The Morgan fingerprint density at radius 2 is 1.58 bits per heavy atom. The summed E-state index contributed by atoms with van der Waals surface area (Å²) in [6.45, 7) is 12.1. The number of carbonyl (C=O) groups excluding carboxylic acids is 2. The molecule has 0 bridgehead atoms. The second kappa shape index (κ2) is 7.00. The summed E-state index contributed by atoms with van der Waals surface area (Å²) in [5, 5.41) is 0. The Kier molecular flexibility index (Phi) is 5.65. The zero-order chi connectivity index (χ0) is 19.9. The summed E-state index contributed by atoms with van der Waals surface area (Å²) < 4.78 is 22.1. The molecule has 1 unspecified atom stereocenters. The Morgan fingerprint density at radius 3 is 1.96 bits per heavy atom. The van der Waals surface area contributed by atoms with Crippen molar-refractivity contribution in [1.82, 2.24) is 0 Å². The predicted octanol–water partition coefficient (Wildman–Crippen LogP) is 3.01. The second-order valence-electron chi connectivity index (χ2n) is 8.58. The van der Waals surface area contributed by atoms with Gasteiger partial charge in [-0.1, -0.05) is 25.5 Å². The third-order valence-corrected chi connectivity index (χ3v) is 6.00. The predicted molar refractivity (Wildman–Crippen MR) is 98.4 cm³/mol. The molecule has 0 spiro atoms. The van der Waals surface area contributed by atoms with Crippen LogP contribution in [0.1, 0.15) is 48.0 Å². The Balaban J connectivity index is 2.29. The van der Waals surface area contributed by atoms with Crippen LogP contribution in [0.5, 0.6) is 0 Å². The summed E-state index contributed by atoms with van der Waals surface area (Å²) in [7, 11) is 2.19. The molecule has 0 aromatic heterocycles. The van der Waals surface area contributed by atoms with Crippen LogP contribution in [-0.4, -0.2) is 44.5 Å². The maximum absolute atomic E-state index is 12.5. The lowest BCUT2D eigenvalue weighted by molar-refractivity contribution is -0.165. The van der Waals surface area contributed by atoms with Gasteiger partial charge < -0.3 is 18.8 Å². The molecule has 1 heterocycles. The smallest absolute Gasteiger partial charge is 0.458 e. The van der Waals surface area contributed by atoms with Gasteiger partial charge in [-0.05, 0) is 52.3 Å². The van der Waals surface area contributed by atoms with Gasteiger partial charge in [-0.3, -0.25) is 9.59 Å². The molecule has 1 atom stereocenters. The minimum atomic E-state index is -1.39. The molecule has 0 amide bonds. The minimum Gasteiger partial charge on any atom is -0.468 e. The van der Waals surface area contributed by atoms with Crippen LogP contribution in [0.2, 0.25) is 6.32 Å². The summed E-state index contributed by atoms with van der Waals surface area (Å²) in [5.41, 5.74) is -1.19. The number of hydrogen-bond donors (Lipinski definition) is 0. The average Bonchev–Trinajstić information content (AvgIpc) is 3.01. The second-order valence-corrected chi connectivity index (χ2v) is 8.58. The van der Waals surface area contributed by atoms with Crippen molar-refractivity contribution in [3.8, 4) is 0 Å². The summed E-state index contributed by atoms with van der Waals surface area (Å²) in [6, 6.07) is 0. The first-order valence-electron chi connectivity index (χ1n) is 9.15. The molecular formula is C19H31BO6. The number of rotatable bonds is 5. The Hall–Kier alpha value is -1.34. The third-order valence-electron chi connectivity index (χ3n) is 6.00. The normalized spacial score (nSPS) is 26.0. The highest BCUT2D eigenvalue weighted by Gasteiger charge is 2.56. The number of esters is 2. The molecule has 0 radical (unpaired) electrons. The molecule has 1 aliphatic carbocycles. The minimum absolute atomic E-state index is 0.0251. The van der Waals surface area contributed by atoms with Gasteiger partial charge >= 0.3 is 19.1 Å². The summed E-state index contributed by atoms with van der Waals surface area (Å²) in [4.78, 5) is 24.9. The van der Waals surface area contributed by atoms with Gasteiger partial charge in [0, 0.05) is 0 Å². The highest BCUT2D eigenvalue weighted by atomic mass is 16.7. The van der Waals surface area contributed by atoms with E-state index >= 15 is 0 Å². The molecule has 0 saturated carbocycles. The first-order chi connectivity index (χ1) is 11.9. The largest absolute Gasteiger partial charge is 0.468 e. The zero-order valence-electron chi connectivity index (χ0n) is 17.2. The molecule has 6 nitrogen and oxygen atoms in total. The van der Waals surface area contributed by atoms with Gasteiger partial charge in [-0.2, -0.15) is 0 Å². The van der Waals surface area contributed by atoms with Gasteiger partial charge in [0.05, 0.1) is 25.4 Å². The Bertz CT molecular complexity index is 575. The van der Waals surface area contributed by atoms with Crippen molar-refractivity contribution in [1.29, 1.82) is 0 Å². The van der Waals surface area contributed by atoms with E-state index in [0.717, 1.165) is 5.57 Å². The van der Waals surface area contributed by atoms with Crippen LogP contribution in [0.25, 0.3) is 0 Å². The van der Waals surface area contributed by atoms with E-state index in [9.17, 15) is 9.59 Å². The summed E-state index contributed by atoms with van der Waals surface area (Å²) in [6.07, 6.45) is 2.63. The first-order valence-corrected chi connectivity index (χ1v) is 9.15. The number of carbonyl (C=O) groups is 2. The summed E-state index contributed by atoms with van der Waals surface area (Å²) >= 11 is 0. The maximum Gasteiger partial charge on any atom is 0.458 e. The van der Waals surface area contributed by atoms with E-state index in [-0.39, 0.29) is 11.8 Å². The number of hydrogen-bond acceptors (Lipinski definition) is 6. The van der Waals surface area contributed by atoms with Crippen LogP contribution in [0.3, 0.4) is 0 Å². The van der Waals surface area contributed by atoms with Crippen LogP contribution in [-0.2, 0) is 28.4 Å². The van der Waals surface area contributed by atoms with Crippen molar-refractivity contribution in [2.24, 2.45) is 17.3 Å². The standard InChI is InChI=1S/C19H31BO6/c1-12(2)14-10-19(15(21)23-7,16(22)24-8)9-13(14)11-20-25-17(3,4)18(5,6)26-20/h10,12-13H,9,11H2,1-8H3. The van der Waals surface area contributed by atoms with Crippen molar-refractivity contribution in [3.63, 3.8) is 0 Å². The molecule has 0 aromatic rings. The maximum atomic E-state index is 12.5. The monoisotopic (exact) mass is 366 g/mol. The first kappa shape index (κ1) is 21.0. The van der Waals surface area contributed by atoms with E-state index in [2.05, 4.69) is 0 Å². The molecule has 0 N–H and O–H groups in total. The average molecular weight is 366 g/mol. The molecule has 2 rings (SSSR count). The lowest BCUT2D eigenvalue weighted by atomic mass is 9.71. The lowest BCUT2D eigenvalue weighted by Crippen LogP contribution is -2.41. The highest BCUT2D eigenvalue weighted by Crippen LogP contribution is 2.48. The number of methoxy groups -OCH3 is 2. The Labute approximate surface area is 156 Å². The van der Waals surface area contributed by atoms with Gasteiger partial charge in [0.2, 0.25) is 0 Å². The molecule has 1 saturated heterocycles. The van der Waals surface area contributed by atoms with Gasteiger partial charge in [0.1, 0.15) is 0 Å². The van der Waals surface area contributed by atoms with Crippen molar-refractivity contribution in [3.05, 3.63) is 11.6 Å². The third kappa shape index (κ3) is 3.43. The fourth-order valence-corrected chi connectivity index (χ4v) is 3.85. The summed E-state index contributed by atoms with van der Waals surface area (Å²) in [5.74, 6) is -1.01. The van der Waals surface area contributed by atoms with E-state index in [1.165, 1.54) is 14.2 Å². The quantitative estimate of drug-likeness (QED) is 0.322. The molecule has 0 aromatic carbocycles. The van der Waals surface area contributed by atoms with Crippen LogP contribution >= 0.6 is 0 Å². The van der Waals surface area contributed by atoms with Crippen molar-refractivity contribution in [2.45, 2.75) is 65.5 Å². The van der Waals surface area contributed by atoms with Crippen molar-refractivity contribution in [2.75, 3.05) is 14.2 Å². The van der Waals surface area contributed by atoms with Gasteiger partial charge in [0.25, 0.3) is 0 Å². The van der Waals surface area contributed by atoms with Gasteiger partial charge in [0.15, 0.2) is 5.41 Å². The molecule has 2 aliphatic rings. The molecular weight excluding hydrogens is 335 g/mol. The van der Waals surface area contributed by atoms with Gasteiger partial charge in [-0.25, -0.2) is 0 Å². The molecule has 7 heteroatoms. The lowest BCUT2D eigenvalue weighted by Gasteiger charge is -2.32. The topological polar surface area (TPSA) is 71.1 Å². The van der Waals surface area contributed by atoms with E-state index in [0.29, 0.717) is 12.7 Å². The molecule has 1 aliphatic heterocycles. The van der Waals surface area contributed by atoms with Crippen molar-refractivity contribution < 1.29 is 28.4 Å². The van der Waals surface area contributed by atoms with Crippen molar-refractivity contribution >= 4 is 19.1 Å². The fraction of sp³-hybridized carbons (Fsp3) is 0.789. The highest BCUT2D eigenvalue weighted by molar-refractivity contribution is 6.45.